The Morgan fingerprint density at radius 3 is 2.13 bits per heavy atom. The molecule has 160 valence electrons. The van der Waals surface area contributed by atoms with E-state index in [2.05, 4.69) is 28.8 Å². The van der Waals surface area contributed by atoms with Crippen molar-refractivity contribution < 1.29 is 9.66 Å². The summed E-state index contributed by atoms with van der Waals surface area (Å²) >= 11 is 0. The van der Waals surface area contributed by atoms with E-state index in [1.54, 1.807) is 12.1 Å². The van der Waals surface area contributed by atoms with E-state index in [1.807, 2.05) is 31.2 Å². The SMILES string of the molecule is C=C(C)COCCCCCCN(C)c1ccc(/N=N/c2ccc([N+](=O)[O-])cc2)cc1. The molecule has 0 amide bonds. The number of azo groups is 1. The van der Waals surface area contributed by atoms with Crippen LogP contribution in [-0.4, -0.2) is 31.7 Å². The Morgan fingerprint density at radius 2 is 1.57 bits per heavy atom. The second-order valence-corrected chi connectivity index (χ2v) is 7.34. The molecular weight excluding hydrogens is 380 g/mol. The van der Waals surface area contributed by atoms with Gasteiger partial charge in [-0.1, -0.05) is 25.0 Å². The molecule has 7 nitrogen and oxygen atoms in total. The minimum Gasteiger partial charge on any atom is -0.377 e. The molecule has 2 aromatic carbocycles. The molecule has 0 aliphatic carbocycles. The molecule has 0 unspecified atom stereocenters. The first-order valence-corrected chi connectivity index (χ1v) is 10.2. The zero-order chi connectivity index (χ0) is 21.8. The Labute approximate surface area is 178 Å². The van der Waals surface area contributed by atoms with Gasteiger partial charge in [-0.25, -0.2) is 0 Å². The smallest absolute Gasteiger partial charge is 0.269 e. The monoisotopic (exact) mass is 410 g/mol. The number of nitro groups is 1. The summed E-state index contributed by atoms with van der Waals surface area (Å²) in [5.41, 5.74) is 3.55. The third-order valence-electron chi connectivity index (χ3n) is 4.51. The molecule has 0 saturated carbocycles. The third-order valence-corrected chi connectivity index (χ3v) is 4.51. The van der Waals surface area contributed by atoms with E-state index in [1.165, 1.54) is 25.0 Å². The number of non-ortho nitro benzene ring substituents is 1. The lowest BCUT2D eigenvalue weighted by molar-refractivity contribution is -0.384. The van der Waals surface area contributed by atoms with Gasteiger partial charge in [-0.2, -0.15) is 10.2 Å². The normalized spacial score (nSPS) is 11.0. The van der Waals surface area contributed by atoms with Crippen molar-refractivity contribution in [3.63, 3.8) is 0 Å². The number of benzene rings is 2. The van der Waals surface area contributed by atoms with Gasteiger partial charge in [0.05, 0.1) is 22.9 Å². The first-order chi connectivity index (χ1) is 14.5. The standard InChI is InChI=1S/C23H30N4O3/c1-19(2)18-30-17-7-5-4-6-16-26(3)22-12-8-20(9-13-22)24-25-21-10-14-23(15-11-21)27(28)29/h8-15H,1,4-7,16-18H2,2-3H3/b25-24+. The second kappa shape index (κ2) is 12.5. The number of ether oxygens (including phenoxy) is 1. The maximum absolute atomic E-state index is 10.7. The zero-order valence-corrected chi connectivity index (χ0v) is 17.8. The van der Waals surface area contributed by atoms with E-state index in [0.29, 0.717) is 12.3 Å². The van der Waals surface area contributed by atoms with E-state index in [4.69, 9.17) is 4.74 Å². The van der Waals surface area contributed by atoms with Crippen molar-refractivity contribution >= 4 is 22.7 Å². The maximum atomic E-state index is 10.7. The minimum absolute atomic E-state index is 0.0393. The Bertz CT molecular complexity index is 833. The number of nitrogens with zero attached hydrogens (tertiary/aromatic N) is 4. The topological polar surface area (TPSA) is 80.3 Å². The minimum atomic E-state index is -0.435. The van der Waals surface area contributed by atoms with Crippen LogP contribution in [0.4, 0.5) is 22.7 Å². The van der Waals surface area contributed by atoms with Crippen LogP contribution in [0.3, 0.4) is 0 Å². The molecule has 2 aromatic rings. The molecule has 0 atom stereocenters. The number of rotatable bonds is 13. The first kappa shape index (κ1) is 23.2. The van der Waals surface area contributed by atoms with E-state index < -0.39 is 4.92 Å². The van der Waals surface area contributed by atoms with E-state index in [-0.39, 0.29) is 5.69 Å². The Morgan fingerprint density at radius 1 is 1.00 bits per heavy atom. The fraction of sp³-hybridized carbons (Fsp3) is 0.391. The van der Waals surface area contributed by atoms with Crippen molar-refractivity contribution in [2.24, 2.45) is 10.2 Å². The maximum Gasteiger partial charge on any atom is 0.269 e. The van der Waals surface area contributed by atoms with Gasteiger partial charge >= 0.3 is 0 Å². The quantitative estimate of drug-likeness (QED) is 0.122. The van der Waals surface area contributed by atoms with Crippen molar-refractivity contribution in [2.45, 2.75) is 32.6 Å². The van der Waals surface area contributed by atoms with Crippen LogP contribution in [0.25, 0.3) is 0 Å². The molecular formula is C23H30N4O3. The van der Waals surface area contributed by atoms with Gasteiger partial charge in [0.15, 0.2) is 0 Å². The molecule has 0 aliphatic rings. The lowest BCUT2D eigenvalue weighted by Gasteiger charge is -2.19. The molecule has 0 radical (unpaired) electrons. The molecule has 0 aromatic heterocycles. The van der Waals surface area contributed by atoms with Gasteiger partial charge in [0.1, 0.15) is 0 Å². The lowest BCUT2D eigenvalue weighted by atomic mass is 10.2. The summed E-state index contributed by atoms with van der Waals surface area (Å²) in [4.78, 5) is 12.5. The molecule has 0 bridgehead atoms. The Balaban J connectivity index is 1.71. The molecule has 0 fully saturated rings. The lowest BCUT2D eigenvalue weighted by Crippen LogP contribution is -2.18. The summed E-state index contributed by atoms with van der Waals surface area (Å²) in [5.74, 6) is 0. The van der Waals surface area contributed by atoms with E-state index in [9.17, 15) is 10.1 Å². The van der Waals surface area contributed by atoms with Gasteiger partial charge in [0, 0.05) is 38.0 Å². The molecule has 0 aliphatic heterocycles. The van der Waals surface area contributed by atoms with E-state index >= 15 is 0 Å². The number of hydrogen-bond donors (Lipinski definition) is 0. The Kier molecular flexibility index (Phi) is 9.67. The van der Waals surface area contributed by atoms with Crippen molar-refractivity contribution in [3.05, 3.63) is 70.8 Å². The van der Waals surface area contributed by atoms with E-state index in [0.717, 1.165) is 42.9 Å². The summed E-state index contributed by atoms with van der Waals surface area (Å²) in [5, 5.41) is 19.0. The molecule has 0 heterocycles. The molecule has 2 rings (SSSR count). The first-order valence-electron chi connectivity index (χ1n) is 10.2. The number of nitro benzene ring substituents is 1. The highest BCUT2D eigenvalue weighted by atomic mass is 16.6. The molecule has 7 heteroatoms. The van der Waals surface area contributed by atoms with Crippen LogP contribution >= 0.6 is 0 Å². The van der Waals surface area contributed by atoms with Crippen molar-refractivity contribution in [1.29, 1.82) is 0 Å². The summed E-state index contributed by atoms with van der Waals surface area (Å²) in [6.45, 7) is 8.26. The molecule has 0 N–H and O–H groups in total. The average Bonchev–Trinajstić information content (AvgIpc) is 2.74. The van der Waals surface area contributed by atoms with Gasteiger partial charge in [0.2, 0.25) is 0 Å². The summed E-state index contributed by atoms with van der Waals surface area (Å²) < 4.78 is 5.51. The van der Waals surface area contributed by atoms with Gasteiger partial charge in [-0.15, -0.1) is 0 Å². The average molecular weight is 411 g/mol. The molecule has 0 spiro atoms. The van der Waals surface area contributed by atoms with Crippen LogP contribution in [0.5, 0.6) is 0 Å². The van der Waals surface area contributed by atoms with Gasteiger partial charge in [-0.3, -0.25) is 10.1 Å². The highest BCUT2D eigenvalue weighted by Gasteiger charge is 2.04. The summed E-state index contributed by atoms with van der Waals surface area (Å²) in [6.07, 6.45) is 4.58. The number of anilines is 1. The van der Waals surface area contributed by atoms with Crippen LogP contribution < -0.4 is 4.90 Å². The Hall–Kier alpha value is -3.06. The summed E-state index contributed by atoms with van der Waals surface area (Å²) in [6, 6.07) is 13.9. The predicted molar refractivity (Wildman–Crippen MR) is 121 cm³/mol. The third kappa shape index (κ3) is 8.53. The number of unbranched alkanes of at least 4 members (excludes halogenated alkanes) is 3. The van der Waals surface area contributed by atoms with Gasteiger partial charge in [0.25, 0.3) is 5.69 Å². The second-order valence-electron chi connectivity index (χ2n) is 7.34. The van der Waals surface area contributed by atoms with Crippen molar-refractivity contribution in [3.8, 4) is 0 Å². The fourth-order valence-corrected chi connectivity index (χ4v) is 2.81. The molecule has 30 heavy (non-hydrogen) atoms. The van der Waals surface area contributed by atoms with Crippen molar-refractivity contribution in [1.82, 2.24) is 0 Å². The zero-order valence-electron chi connectivity index (χ0n) is 17.8. The van der Waals surface area contributed by atoms with Crippen LogP contribution in [0.1, 0.15) is 32.6 Å². The van der Waals surface area contributed by atoms with Crippen molar-refractivity contribution in [2.75, 3.05) is 31.7 Å². The van der Waals surface area contributed by atoms with Gasteiger partial charge in [-0.05, 0) is 56.2 Å². The molecule has 0 saturated heterocycles. The largest absolute Gasteiger partial charge is 0.377 e. The van der Waals surface area contributed by atoms with Crippen LogP contribution in [0, 0.1) is 10.1 Å². The highest BCUT2D eigenvalue weighted by molar-refractivity contribution is 5.52. The van der Waals surface area contributed by atoms with Gasteiger partial charge < -0.3 is 9.64 Å². The summed E-state index contributed by atoms with van der Waals surface area (Å²) in [7, 11) is 2.09. The predicted octanol–water partition coefficient (Wildman–Crippen LogP) is 6.60. The number of hydrogen-bond acceptors (Lipinski definition) is 6. The fourth-order valence-electron chi connectivity index (χ4n) is 2.81. The van der Waals surface area contributed by atoms with Crippen LogP contribution in [0.2, 0.25) is 0 Å². The van der Waals surface area contributed by atoms with Crippen LogP contribution in [-0.2, 0) is 4.74 Å². The van der Waals surface area contributed by atoms with Crippen LogP contribution in [0.15, 0.2) is 70.9 Å². The highest BCUT2D eigenvalue weighted by Crippen LogP contribution is 2.23.